The minimum atomic E-state index is -0.357. The Kier molecular flexibility index (Phi) is 8.85. The SMILES string of the molecule is O=[N+]([O-])c1ccc(N(CCCCBr)CCCCBr)cc1. The van der Waals surface area contributed by atoms with E-state index in [0.717, 1.165) is 55.1 Å². The normalized spacial score (nSPS) is 10.5. The summed E-state index contributed by atoms with van der Waals surface area (Å²) in [4.78, 5) is 12.6. The van der Waals surface area contributed by atoms with Gasteiger partial charge in [0.1, 0.15) is 0 Å². The van der Waals surface area contributed by atoms with Crippen LogP contribution < -0.4 is 4.90 Å². The van der Waals surface area contributed by atoms with Crippen molar-refractivity contribution in [3.05, 3.63) is 34.4 Å². The fraction of sp³-hybridized carbons (Fsp3) is 0.571. The number of nitro groups is 1. The monoisotopic (exact) mass is 406 g/mol. The lowest BCUT2D eigenvalue weighted by Gasteiger charge is -2.24. The summed E-state index contributed by atoms with van der Waals surface area (Å²) >= 11 is 6.89. The van der Waals surface area contributed by atoms with Crippen LogP contribution in [0.2, 0.25) is 0 Å². The molecule has 0 amide bonds. The van der Waals surface area contributed by atoms with Crippen LogP contribution in [-0.4, -0.2) is 28.7 Å². The molecule has 0 radical (unpaired) electrons. The van der Waals surface area contributed by atoms with E-state index in [1.54, 1.807) is 12.1 Å². The summed E-state index contributed by atoms with van der Waals surface area (Å²) in [5, 5.41) is 12.7. The molecule has 0 N–H and O–H groups in total. The van der Waals surface area contributed by atoms with Gasteiger partial charge in [0.15, 0.2) is 0 Å². The molecule has 1 aromatic rings. The number of non-ortho nitro benzene ring substituents is 1. The van der Waals surface area contributed by atoms with E-state index in [-0.39, 0.29) is 10.6 Å². The van der Waals surface area contributed by atoms with Crippen molar-refractivity contribution in [2.24, 2.45) is 0 Å². The smallest absolute Gasteiger partial charge is 0.269 e. The molecule has 0 saturated heterocycles. The van der Waals surface area contributed by atoms with E-state index in [9.17, 15) is 10.1 Å². The maximum Gasteiger partial charge on any atom is 0.269 e. The van der Waals surface area contributed by atoms with E-state index in [0.29, 0.717) is 0 Å². The van der Waals surface area contributed by atoms with Crippen molar-refractivity contribution in [3.63, 3.8) is 0 Å². The molecule has 6 heteroatoms. The van der Waals surface area contributed by atoms with Gasteiger partial charge in [-0.2, -0.15) is 0 Å². The van der Waals surface area contributed by atoms with E-state index < -0.39 is 0 Å². The second-order valence-electron chi connectivity index (χ2n) is 4.55. The van der Waals surface area contributed by atoms with Crippen LogP contribution >= 0.6 is 31.9 Å². The van der Waals surface area contributed by atoms with Gasteiger partial charge in [0.2, 0.25) is 0 Å². The molecule has 0 unspecified atom stereocenters. The van der Waals surface area contributed by atoms with Gasteiger partial charge in [-0.1, -0.05) is 31.9 Å². The average Bonchev–Trinajstić information content (AvgIpc) is 2.46. The minimum absolute atomic E-state index is 0.148. The summed E-state index contributed by atoms with van der Waals surface area (Å²) in [5.41, 5.74) is 1.22. The number of anilines is 1. The first-order chi connectivity index (χ1) is 9.69. The molecule has 0 atom stereocenters. The van der Waals surface area contributed by atoms with Crippen LogP contribution in [0.1, 0.15) is 25.7 Å². The topological polar surface area (TPSA) is 46.4 Å². The minimum Gasteiger partial charge on any atom is -0.372 e. The maximum atomic E-state index is 10.7. The standard InChI is InChI=1S/C14H20Br2N2O2/c15-9-1-3-11-17(12-4-2-10-16)13-5-7-14(8-6-13)18(19)20/h5-8H,1-4,9-12H2. The van der Waals surface area contributed by atoms with Crippen LogP contribution in [0.25, 0.3) is 0 Å². The lowest BCUT2D eigenvalue weighted by atomic mass is 10.2. The molecule has 0 aromatic heterocycles. The molecule has 0 fully saturated rings. The number of rotatable bonds is 10. The van der Waals surface area contributed by atoms with Gasteiger partial charge in [-0.15, -0.1) is 0 Å². The Morgan fingerprint density at radius 2 is 1.45 bits per heavy atom. The second-order valence-corrected chi connectivity index (χ2v) is 6.14. The number of halogens is 2. The molecule has 0 aliphatic carbocycles. The van der Waals surface area contributed by atoms with Gasteiger partial charge < -0.3 is 4.90 Å². The second kappa shape index (κ2) is 10.2. The molecular formula is C14H20Br2N2O2. The van der Waals surface area contributed by atoms with Crippen molar-refractivity contribution in [1.29, 1.82) is 0 Å². The first-order valence-corrected chi connectivity index (χ1v) is 9.04. The van der Waals surface area contributed by atoms with E-state index in [2.05, 4.69) is 36.8 Å². The van der Waals surface area contributed by atoms with Gasteiger partial charge >= 0.3 is 0 Å². The summed E-state index contributed by atoms with van der Waals surface area (Å²) in [7, 11) is 0. The van der Waals surface area contributed by atoms with Crippen LogP contribution in [0, 0.1) is 10.1 Å². The Morgan fingerprint density at radius 3 is 1.85 bits per heavy atom. The fourth-order valence-corrected chi connectivity index (χ4v) is 2.74. The summed E-state index contributed by atoms with van der Waals surface area (Å²) in [6.07, 6.45) is 4.52. The Labute approximate surface area is 136 Å². The van der Waals surface area contributed by atoms with Crippen molar-refractivity contribution in [2.75, 3.05) is 28.6 Å². The van der Waals surface area contributed by atoms with Crippen molar-refractivity contribution in [3.8, 4) is 0 Å². The van der Waals surface area contributed by atoms with Crippen LogP contribution in [-0.2, 0) is 0 Å². The molecule has 0 aliphatic rings. The fourth-order valence-electron chi connectivity index (χ4n) is 1.95. The first-order valence-electron chi connectivity index (χ1n) is 6.80. The third-order valence-electron chi connectivity index (χ3n) is 3.05. The maximum absolute atomic E-state index is 10.7. The van der Waals surface area contributed by atoms with Crippen molar-refractivity contribution in [2.45, 2.75) is 25.7 Å². The molecule has 4 nitrogen and oxygen atoms in total. The highest BCUT2D eigenvalue weighted by molar-refractivity contribution is 9.09. The predicted molar refractivity (Wildman–Crippen MR) is 91.4 cm³/mol. The highest BCUT2D eigenvalue weighted by Gasteiger charge is 2.09. The highest BCUT2D eigenvalue weighted by atomic mass is 79.9. The average molecular weight is 408 g/mol. The molecule has 112 valence electrons. The summed E-state index contributed by atoms with van der Waals surface area (Å²) < 4.78 is 0. The van der Waals surface area contributed by atoms with Gasteiger partial charge in [-0.3, -0.25) is 10.1 Å². The van der Waals surface area contributed by atoms with Gasteiger partial charge in [0.25, 0.3) is 5.69 Å². The Hall–Kier alpha value is -0.620. The van der Waals surface area contributed by atoms with Gasteiger partial charge in [0, 0.05) is 41.6 Å². The van der Waals surface area contributed by atoms with Gasteiger partial charge in [0.05, 0.1) is 4.92 Å². The summed E-state index contributed by atoms with van der Waals surface area (Å²) in [5.74, 6) is 0. The van der Waals surface area contributed by atoms with Crippen molar-refractivity contribution < 1.29 is 4.92 Å². The zero-order chi connectivity index (χ0) is 14.8. The van der Waals surface area contributed by atoms with Crippen LogP contribution in [0.5, 0.6) is 0 Å². The van der Waals surface area contributed by atoms with Gasteiger partial charge in [-0.05, 0) is 37.8 Å². The number of hydrogen-bond acceptors (Lipinski definition) is 3. The quantitative estimate of drug-likeness (QED) is 0.243. The molecule has 1 rings (SSSR count). The third-order valence-corrected chi connectivity index (χ3v) is 4.17. The zero-order valence-electron chi connectivity index (χ0n) is 11.4. The predicted octanol–water partition coefficient (Wildman–Crippen LogP) is 4.75. The summed E-state index contributed by atoms with van der Waals surface area (Å²) in [6, 6.07) is 6.86. The molecule has 0 aliphatic heterocycles. The molecule has 0 heterocycles. The number of unbranched alkanes of at least 4 members (excludes halogenated alkanes) is 2. The Bertz CT molecular complexity index is 389. The van der Waals surface area contributed by atoms with E-state index in [1.807, 2.05) is 12.1 Å². The number of alkyl halides is 2. The molecular weight excluding hydrogens is 388 g/mol. The Morgan fingerprint density at radius 1 is 0.950 bits per heavy atom. The molecule has 0 saturated carbocycles. The van der Waals surface area contributed by atoms with E-state index in [4.69, 9.17) is 0 Å². The number of nitro benzene ring substituents is 1. The molecule has 0 spiro atoms. The molecule has 1 aromatic carbocycles. The zero-order valence-corrected chi connectivity index (χ0v) is 14.6. The van der Waals surface area contributed by atoms with Crippen molar-refractivity contribution >= 4 is 43.2 Å². The number of hydrogen-bond donors (Lipinski definition) is 0. The largest absolute Gasteiger partial charge is 0.372 e. The van der Waals surface area contributed by atoms with E-state index >= 15 is 0 Å². The van der Waals surface area contributed by atoms with Crippen LogP contribution in [0.4, 0.5) is 11.4 Å². The Balaban J connectivity index is 2.66. The van der Waals surface area contributed by atoms with E-state index in [1.165, 1.54) is 0 Å². The van der Waals surface area contributed by atoms with Crippen LogP contribution in [0.3, 0.4) is 0 Å². The highest BCUT2D eigenvalue weighted by Crippen LogP contribution is 2.20. The van der Waals surface area contributed by atoms with Crippen LogP contribution in [0.15, 0.2) is 24.3 Å². The lowest BCUT2D eigenvalue weighted by Crippen LogP contribution is -2.25. The summed E-state index contributed by atoms with van der Waals surface area (Å²) in [6.45, 7) is 1.98. The molecule has 20 heavy (non-hydrogen) atoms. The molecule has 0 bridgehead atoms. The van der Waals surface area contributed by atoms with Crippen molar-refractivity contribution in [1.82, 2.24) is 0 Å². The third kappa shape index (κ3) is 6.22. The number of benzene rings is 1. The first kappa shape index (κ1) is 17.4. The lowest BCUT2D eigenvalue weighted by molar-refractivity contribution is -0.384. The van der Waals surface area contributed by atoms with Gasteiger partial charge in [-0.25, -0.2) is 0 Å². The number of nitrogens with zero attached hydrogens (tertiary/aromatic N) is 2.